The van der Waals surface area contributed by atoms with Gasteiger partial charge in [0.05, 0.1) is 12.6 Å². The lowest BCUT2D eigenvalue weighted by Gasteiger charge is -2.58. The fourth-order valence-electron chi connectivity index (χ4n) is 6.87. The molecule has 5 heteroatoms. The molecule has 7 unspecified atom stereocenters. The molecule has 0 aromatic rings. The zero-order valence-corrected chi connectivity index (χ0v) is 15.6. The number of carbonyl (C=O) groups is 2. The van der Waals surface area contributed by atoms with Gasteiger partial charge in [0.1, 0.15) is 5.60 Å². The summed E-state index contributed by atoms with van der Waals surface area (Å²) in [7, 11) is 0. The SMILES string of the molecule is CC12C=CC(=O)CC1=CCC1C2C(O)CC2(C)C1CCC2(O)C(=O)CN. The number of hydrogen-bond donors (Lipinski definition) is 3. The van der Waals surface area contributed by atoms with Gasteiger partial charge in [-0.15, -0.1) is 0 Å². The number of aliphatic hydroxyl groups excluding tert-OH is 1. The van der Waals surface area contributed by atoms with Gasteiger partial charge in [0, 0.05) is 23.2 Å². The van der Waals surface area contributed by atoms with E-state index in [9.17, 15) is 19.8 Å². The van der Waals surface area contributed by atoms with Crippen LogP contribution in [0, 0.1) is 28.6 Å². The first-order chi connectivity index (χ1) is 12.2. The van der Waals surface area contributed by atoms with E-state index in [2.05, 4.69) is 13.0 Å². The second kappa shape index (κ2) is 5.60. The number of nitrogens with two attached hydrogens (primary N) is 1. The van der Waals surface area contributed by atoms with Crippen LogP contribution in [0.5, 0.6) is 0 Å². The number of hydrogen-bond acceptors (Lipinski definition) is 5. The molecule has 5 nitrogen and oxygen atoms in total. The molecule has 0 saturated heterocycles. The van der Waals surface area contributed by atoms with E-state index in [1.165, 1.54) is 0 Å². The van der Waals surface area contributed by atoms with E-state index >= 15 is 0 Å². The number of Topliss-reactive ketones (excluding diaryl/α,β-unsaturated/α-hetero) is 1. The highest BCUT2D eigenvalue weighted by Crippen LogP contribution is 2.66. The van der Waals surface area contributed by atoms with E-state index in [1.54, 1.807) is 6.08 Å². The molecule has 2 saturated carbocycles. The average molecular weight is 359 g/mol. The molecular formula is C21H29NO4. The largest absolute Gasteiger partial charge is 0.393 e. The number of fused-ring (bicyclic) bond motifs is 5. The summed E-state index contributed by atoms with van der Waals surface area (Å²) in [5, 5.41) is 22.4. The lowest BCUT2D eigenvalue weighted by Crippen LogP contribution is -2.61. The first-order valence-electron chi connectivity index (χ1n) is 9.73. The van der Waals surface area contributed by atoms with Crippen molar-refractivity contribution in [3.63, 3.8) is 0 Å². The molecule has 0 spiro atoms. The van der Waals surface area contributed by atoms with Gasteiger partial charge in [-0.2, -0.15) is 0 Å². The Morgan fingerprint density at radius 2 is 2.12 bits per heavy atom. The van der Waals surface area contributed by atoms with E-state index in [0.717, 1.165) is 18.4 Å². The van der Waals surface area contributed by atoms with Crippen LogP contribution in [0.15, 0.2) is 23.8 Å². The third kappa shape index (κ3) is 2.08. The Balaban J connectivity index is 1.76. The lowest BCUT2D eigenvalue weighted by molar-refractivity contribution is -0.173. The maximum Gasteiger partial charge on any atom is 0.178 e. The minimum atomic E-state index is -1.44. The Kier molecular flexibility index (Phi) is 3.89. The maximum atomic E-state index is 12.5. The van der Waals surface area contributed by atoms with Crippen LogP contribution in [0.25, 0.3) is 0 Å². The minimum absolute atomic E-state index is 0.0141. The van der Waals surface area contributed by atoms with Crippen LogP contribution < -0.4 is 5.73 Å². The molecule has 7 atom stereocenters. The summed E-state index contributed by atoms with van der Waals surface area (Å²) in [6.45, 7) is 3.91. The fourth-order valence-corrected chi connectivity index (χ4v) is 6.87. The molecule has 0 aliphatic heterocycles. The Bertz CT molecular complexity index is 728. The van der Waals surface area contributed by atoms with E-state index in [-0.39, 0.29) is 41.3 Å². The Labute approximate surface area is 154 Å². The highest BCUT2D eigenvalue weighted by molar-refractivity contribution is 5.93. The molecule has 0 heterocycles. The van der Waals surface area contributed by atoms with Gasteiger partial charge in [0.15, 0.2) is 11.6 Å². The van der Waals surface area contributed by atoms with Crippen molar-refractivity contribution in [2.24, 2.45) is 34.3 Å². The normalized spacial score (nSPS) is 49.9. The quantitative estimate of drug-likeness (QED) is 0.649. The zero-order valence-electron chi connectivity index (χ0n) is 15.6. The number of carbonyl (C=O) groups excluding carboxylic acids is 2. The van der Waals surface area contributed by atoms with Crippen molar-refractivity contribution in [2.45, 2.75) is 57.7 Å². The predicted molar refractivity (Wildman–Crippen MR) is 97.0 cm³/mol. The molecule has 4 aliphatic carbocycles. The van der Waals surface area contributed by atoms with Crippen molar-refractivity contribution in [2.75, 3.05) is 6.54 Å². The van der Waals surface area contributed by atoms with Gasteiger partial charge >= 0.3 is 0 Å². The van der Waals surface area contributed by atoms with Crippen LogP contribution >= 0.6 is 0 Å². The fraction of sp³-hybridized carbons (Fsp3) is 0.714. The van der Waals surface area contributed by atoms with Crippen molar-refractivity contribution >= 4 is 11.6 Å². The van der Waals surface area contributed by atoms with Crippen molar-refractivity contribution < 1.29 is 19.8 Å². The predicted octanol–water partition coefficient (Wildman–Crippen LogP) is 1.52. The summed E-state index contributed by atoms with van der Waals surface area (Å²) < 4.78 is 0. The summed E-state index contributed by atoms with van der Waals surface area (Å²) in [6, 6.07) is 0. The van der Waals surface area contributed by atoms with Crippen LogP contribution in [0.1, 0.15) is 46.0 Å². The molecule has 4 aliphatic rings. The highest BCUT2D eigenvalue weighted by Gasteiger charge is 2.67. The Morgan fingerprint density at radius 3 is 2.81 bits per heavy atom. The molecule has 4 N–H and O–H groups in total. The highest BCUT2D eigenvalue weighted by atomic mass is 16.3. The standard InChI is InChI=1S/C21H29NO4/c1-19-7-5-13(23)9-12(19)3-4-14-15-6-8-21(26,17(25)11-22)20(15,2)10-16(24)18(14)19/h3,5,7,14-16,18,24,26H,4,6,8-11,22H2,1-2H3. The van der Waals surface area contributed by atoms with Crippen LogP contribution in [0.4, 0.5) is 0 Å². The monoisotopic (exact) mass is 359 g/mol. The smallest absolute Gasteiger partial charge is 0.178 e. The van der Waals surface area contributed by atoms with Crippen molar-refractivity contribution in [1.82, 2.24) is 0 Å². The summed E-state index contributed by atoms with van der Waals surface area (Å²) in [4.78, 5) is 24.3. The molecule has 0 radical (unpaired) electrons. The average Bonchev–Trinajstić information content (AvgIpc) is 2.86. The number of allylic oxidation sites excluding steroid dienone is 4. The minimum Gasteiger partial charge on any atom is -0.393 e. The number of rotatable bonds is 2. The molecule has 0 aromatic heterocycles. The first-order valence-corrected chi connectivity index (χ1v) is 9.73. The van der Waals surface area contributed by atoms with Gasteiger partial charge in [-0.05, 0) is 43.6 Å². The lowest BCUT2D eigenvalue weighted by atomic mass is 9.47. The molecule has 0 amide bonds. The molecular weight excluding hydrogens is 330 g/mol. The summed E-state index contributed by atoms with van der Waals surface area (Å²) in [5.74, 6) is 0.174. The third-order valence-corrected chi connectivity index (χ3v) is 8.25. The van der Waals surface area contributed by atoms with Crippen molar-refractivity contribution in [1.29, 1.82) is 0 Å². The van der Waals surface area contributed by atoms with Gasteiger partial charge in [-0.3, -0.25) is 9.59 Å². The maximum absolute atomic E-state index is 12.5. The molecule has 26 heavy (non-hydrogen) atoms. The van der Waals surface area contributed by atoms with Crippen molar-refractivity contribution in [3.8, 4) is 0 Å². The Hall–Kier alpha value is -1.30. The number of ketones is 2. The van der Waals surface area contributed by atoms with Gasteiger partial charge in [0.25, 0.3) is 0 Å². The third-order valence-electron chi connectivity index (χ3n) is 8.25. The first kappa shape index (κ1) is 18.1. The number of aliphatic hydroxyl groups is 2. The van der Waals surface area contributed by atoms with Gasteiger partial charge < -0.3 is 15.9 Å². The van der Waals surface area contributed by atoms with Crippen LogP contribution in [0.2, 0.25) is 0 Å². The molecule has 0 bridgehead atoms. The van der Waals surface area contributed by atoms with Crippen molar-refractivity contribution in [3.05, 3.63) is 23.8 Å². The second-order valence-electron chi connectivity index (χ2n) is 9.24. The van der Waals surface area contributed by atoms with E-state index in [0.29, 0.717) is 19.3 Å². The van der Waals surface area contributed by atoms with Gasteiger partial charge in [-0.25, -0.2) is 0 Å². The van der Waals surface area contributed by atoms with Crippen LogP contribution in [-0.4, -0.2) is 40.0 Å². The van der Waals surface area contributed by atoms with E-state index in [4.69, 9.17) is 5.73 Å². The summed E-state index contributed by atoms with van der Waals surface area (Å²) in [5.41, 5.74) is 4.28. The van der Waals surface area contributed by atoms with Gasteiger partial charge in [0.2, 0.25) is 0 Å². The molecule has 4 rings (SSSR count). The second-order valence-corrected chi connectivity index (χ2v) is 9.24. The molecule has 142 valence electrons. The van der Waals surface area contributed by atoms with E-state index in [1.807, 2.05) is 13.0 Å². The summed E-state index contributed by atoms with van der Waals surface area (Å²) in [6.07, 6.45) is 7.98. The van der Waals surface area contributed by atoms with Gasteiger partial charge in [-0.1, -0.05) is 31.6 Å². The van der Waals surface area contributed by atoms with Crippen LogP contribution in [-0.2, 0) is 9.59 Å². The van der Waals surface area contributed by atoms with Crippen LogP contribution in [0.3, 0.4) is 0 Å². The van der Waals surface area contributed by atoms with E-state index < -0.39 is 17.1 Å². The summed E-state index contributed by atoms with van der Waals surface area (Å²) >= 11 is 0. The molecule has 2 fully saturated rings. The zero-order chi connectivity index (χ0) is 18.9. The molecule has 0 aromatic carbocycles. The topological polar surface area (TPSA) is 101 Å². The Morgan fingerprint density at radius 1 is 1.38 bits per heavy atom.